The molecule has 0 amide bonds. The van der Waals surface area contributed by atoms with Crippen LogP contribution in [0.15, 0.2) is 0 Å². The largest absolute Gasteiger partial charge is 0.395 e. The zero-order valence-corrected chi connectivity index (χ0v) is 13.3. The van der Waals surface area contributed by atoms with Gasteiger partial charge in [0.1, 0.15) is 0 Å². The first-order valence-corrected chi connectivity index (χ1v) is 7.97. The molecule has 0 bridgehead atoms. The number of hydrogen-bond donors (Lipinski definition) is 1. The highest BCUT2D eigenvalue weighted by Gasteiger charge is 2.23. The minimum atomic E-state index is 0.304. The van der Waals surface area contributed by atoms with Crippen molar-refractivity contribution >= 4 is 0 Å². The average molecular weight is 257 g/mol. The lowest BCUT2D eigenvalue weighted by Gasteiger charge is -2.37. The second-order valence-corrected chi connectivity index (χ2v) is 5.90. The molecular formula is C16H35NO. The third-order valence-corrected chi connectivity index (χ3v) is 3.80. The molecule has 2 atom stereocenters. The van der Waals surface area contributed by atoms with Gasteiger partial charge in [-0.1, -0.05) is 41.0 Å². The van der Waals surface area contributed by atoms with Crippen LogP contribution in [0.1, 0.15) is 73.1 Å². The minimum absolute atomic E-state index is 0.304. The Hall–Kier alpha value is -0.0800. The lowest BCUT2D eigenvalue weighted by Crippen LogP contribution is -2.45. The SMILES string of the molecule is CCCC(CCC(C)C)N(CCC)C(CC)CO. The van der Waals surface area contributed by atoms with Crippen LogP contribution in [0.2, 0.25) is 0 Å². The standard InChI is InChI=1S/C16H35NO/c1-6-9-16(11-10-14(4)5)17(12-7-2)15(8-3)13-18/h14-16,18H,6-13H2,1-5H3. The first-order valence-electron chi connectivity index (χ1n) is 7.97. The number of aliphatic hydroxyl groups excluding tert-OH is 1. The van der Waals surface area contributed by atoms with E-state index in [-0.39, 0.29) is 0 Å². The van der Waals surface area contributed by atoms with Crippen molar-refractivity contribution in [1.29, 1.82) is 0 Å². The maximum absolute atomic E-state index is 9.58. The Bertz CT molecular complexity index is 178. The highest BCUT2D eigenvalue weighted by Crippen LogP contribution is 2.20. The zero-order valence-electron chi connectivity index (χ0n) is 13.3. The summed E-state index contributed by atoms with van der Waals surface area (Å²) in [5, 5.41) is 9.58. The number of hydrogen-bond acceptors (Lipinski definition) is 2. The van der Waals surface area contributed by atoms with Crippen molar-refractivity contribution in [3.05, 3.63) is 0 Å². The van der Waals surface area contributed by atoms with Crippen LogP contribution in [0.4, 0.5) is 0 Å². The molecule has 0 saturated heterocycles. The van der Waals surface area contributed by atoms with E-state index in [4.69, 9.17) is 0 Å². The number of rotatable bonds is 11. The Labute approximate surface area is 115 Å². The molecule has 0 heterocycles. The Morgan fingerprint density at radius 3 is 1.94 bits per heavy atom. The van der Waals surface area contributed by atoms with Gasteiger partial charge in [0.15, 0.2) is 0 Å². The van der Waals surface area contributed by atoms with E-state index < -0.39 is 0 Å². The summed E-state index contributed by atoms with van der Waals surface area (Å²) in [5.74, 6) is 0.780. The Balaban J connectivity index is 4.61. The van der Waals surface area contributed by atoms with Crippen LogP contribution in [0.5, 0.6) is 0 Å². The molecule has 0 fully saturated rings. The topological polar surface area (TPSA) is 23.5 Å². The molecular weight excluding hydrogens is 222 g/mol. The van der Waals surface area contributed by atoms with Crippen molar-refractivity contribution in [2.24, 2.45) is 5.92 Å². The first kappa shape index (κ1) is 17.9. The van der Waals surface area contributed by atoms with Gasteiger partial charge in [-0.05, 0) is 44.6 Å². The molecule has 2 heteroatoms. The van der Waals surface area contributed by atoms with Crippen molar-refractivity contribution < 1.29 is 5.11 Å². The molecule has 0 aliphatic carbocycles. The zero-order chi connectivity index (χ0) is 14.0. The molecule has 0 spiro atoms. The quantitative estimate of drug-likeness (QED) is 0.603. The van der Waals surface area contributed by atoms with Crippen molar-refractivity contribution in [2.45, 2.75) is 85.2 Å². The van der Waals surface area contributed by atoms with Gasteiger partial charge < -0.3 is 5.11 Å². The van der Waals surface area contributed by atoms with E-state index in [1.165, 1.54) is 32.1 Å². The summed E-state index contributed by atoms with van der Waals surface area (Å²) in [4.78, 5) is 2.58. The van der Waals surface area contributed by atoms with Gasteiger partial charge >= 0.3 is 0 Å². The van der Waals surface area contributed by atoms with Crippen LogP contribution in [0.3, 0.4) is 0 Å². The smallest absolute Gasteiger partial charge is 0.0586 e. The molecule has 0 rings (SSSR count). The minimum Gasteiger partial charge on any atom is -0.395 e. The average Bonchev–Trinajstić information content (AvgIpc) is 2.35. The first-order chi connectivity index (χ1) is 8.60. The molecule has 0 saturated carbocycles. The maximum Gasteiger partial charge on any atom is 0.0586 e. The normalized spacial score (nSPS) is 15.3. The summed E-state index contributed by atoms with van der Waals surface area (Å²) in [7, 11) is 0. The van der Waals surface area contributed by atoms with Crippen molar-refractivity contribution in [1.82, 2.24) is 4.90 Å². The molecule has 0 aromatic heterocycles. The molecule has 0 radical (unpaired) electrons. The van der Waals surface area contributed by atoms with Crippen LogP contribution < -0.4 is 0 Å². The molecule has 1 N–H and O–H groups in total. The van der Waals surface area contributed by atoms with Gasteiger partial charge in [-0.2, -0.15) is 0 Å². The van der Waals surface area contributed by atoms with Gasteiger partial charge in [0.05, 0.1) is 6.61 Å². The van der Waals surface area contributed by atoms with Crippen LogP contribution in [-0.2, 0) is 0 Å². The van der Waals surface area contributed by atoms with E-state index in [0.717, 1.165) is 18.9 Å². The third-order valence-electron chi connectivity index (χ3n) is 3.80. The summed E-state index contributed by atoms with van der Waals surface area (Å²) in [6.07, 6.45) is 7.32. The fraction of sp³-hybridized carbons (Fsp3) is 1.00. The van der Waals surface area contributed by atoms with Gasteiger partial charge in [0.25, 0.3) is 0 Å². The van der Waals surface area contributed by atoms with Crippen LogP contribution in [-0.4, -0.2) is 35.2 Å². The van der Waals surface area contributed by atoms with E-state index in [0.29, 0.717) is 18.7 Å². The van der Waals surface area contributed by atoms with Crippen molar-refractivity contribution in [3.8, 4) is 0 Å². The van der Waals surface area contributed by atoms with Crippen molar-refractivity contribution in [3.63, 3.8) is 0 Å². The summed E-state index contributed by atoms with van der Waals surface area (Å²) >= 11 is 0. The van der Waals surface area contributed by atoms with E-state index in [2.05, 4.69) is 39.5 Å². The Kier molecular flexibility index (Phi) is 10.8. The molecule has 2 unspecified atom stereocenters. The lowest BCUT2D eigenvalue weighted by atomic mass is 9.97. The Morgan fingerprint density at radius 1 is 0.889 bits per heavy atom. The van der Waals surface area contributed by atoms with Gasteiger partial charge in [0.2, 0.25) is 0 Å². The molecule has 0 aromatic carbocycles. The summed E-state index contributed by atoms with van der Waals surface area (Å²) < 4.78 is 0. The second kappa shape index (κ2) is 10.8. The molecule has 0 aliphatic rings. The summed E-state index contributed by atoms with van der Waals surface area (Å²) in [6.45, 7) is 12.7. The Morgan fingerprint density at radius 2 is 1.56 bits per heavy atom. The van der Waals surface area contributed by atoms with Crippen molar-refractivity contribution in [2.75, 3.05) is 13.2 Å². The fourth-order valence-electron chi connectivity index (χ4n) is 2.72. The molecule has 2 nitrogen and oxygen atoms in total. The van der Waals surface area contributed by atoms with E-state index in [1.54, 1.807) is 0 Å². The van der Waals surface area contributed by atoms with Crippen LogP contribution >= 0.6 is 0 Å². The maximum atomic E-state index is 9.58. The predicted molar refractivity (Wildman–Crippen MR) is 80.9 cm³/mol. The number of nitrogens with zero attached hydrogens (tertiary/aromatic N) is 1. The second-order valence-electron chi connectivity index (χ2n) is 5.90. The highest BCUT2D eigenvalue weighted by molar-refractivity contribution is 4.78. The molecule has 110 valence electrons. The van der Waals surface area contributed by atoms with Crippen LogP contribution in [0.25, 0.3) is 0 Å². The lowest BCUT2D eigenvalue weighted by molar-refractivity contribution is 0.0686. The van der Waals surface area contributed by atoms with E-state index >= 15 is 0 Å². The van der Waals surface area contributed by atoms with Gasteiger partial charge in [0, 0.05) is 12.1 Å². The van der Waals surface area contributed by atoms with Gasteiger partial charge in [-0.3, -0.25) is 4.90 Å². The van der Waals surface area contributed by atoms with E-state index in [1.807, 2.05) is 0 Å². The highest BCUT2D eigenvalue weighted by atomic mass is 16.3. The molecule has 18 heavy (non-hydrogen) atoms. The summed E-state index contributed by atoms with van der Waals surface area (Å²) in [6, 6.07) is 1.02. The molecule has 0 aliphatic heterocycles. The van der Waals surface area contributed by atoms with E-state index in [9.17, 15) is 5.11 Å². The predicted octanol–water partition coefficient (Wildman–Crippen LogP) is 4.07. The summed E-state index contributed by atoms with van der Waals surface area (Å²) in [5.41, 5.74) is 0. The third kappa shape index (κ3) is 6.75. The molecule has 0 aromatic rings. The monoisotopic (exact) mass is 257 g/mol. The van der Waals surface area contributed by atoms with Crippen LogP contribution in [0, 0.1) is 5.92 Å². The van der Waals surface area contributed by atoms with Gasteiger partial charge in [-0.15, -0.1) is 0 Å². The fourth-order valence-corrected chi connectivity index (χ4v) is 2.72. The van der Waals surface area contributed by atoms with Gasteiger partial charge in [-0.25, -0.2) is 0 Å². The number of aliphatic hydroxyl groups is 1.